The third-order valence-corrected chi connectivity index (χ3v) is 5.66. The van der Waals surface area contributed by atoms with Gasteiger partial charge < -0.3 is 4.52 Å². The molecule has 0 amide bonds. The van der Waals surface area contributed by atoms with E-state index in [1.54, 1.807) is 41.2 Å². The molecule has 0 saturated carbocycles. The minimum absolute atomic E-state index is 0.0991. The molecule has 4 aromatic rings. The molecule has 0 aliphatic carbocycles. The fourth-order valence-electron chi connectivity index (χ4n) is 2.94. The van der Waals surface area contributed by atoms with Crippen LogP contribution in [-0.4, -0.2) is 30.4 Å². The fraction of sp³-hybridized carbons (Fsp3) is 0.190. The van der Waals surface area contributed by atoms with Crippen molar-refractivity contribution in [1.82, 2.24) is 24.7 Å². The molecule has 7 nitrogen and oxygen atoms in total. The summed E-state index contributed by atoms with van der Waals surface area (Å²) in [4.78, 5) is 25.9. The summed E-state index contributed by atoms with van der Waals surface area (Å²) in [5.74, 6) is 1.86. The average molecular weight is 440 g/mol. The predicted molar refractivity (Wildman–Crippen MR) is 118 cm³/mol. The van der Waals surface area contributed by atoms with Crippen LogP contribution in [0.15, 0.2) is 69.9 Å². The Hall–Kier alpha value is -2.97. The molecular weight excluding hydrogens is 422 g/mol. The lowest BCUT2D eigenvalue weighted by Crippen LogP contribution is -2.22. The van der Waals surface area contributed by atoms with Crippen LogP contribution in [0.3, 0.4) is 0 Å². The molecule has 0 radical (unpaired) electrons. The van der Waals surface area contributed by atoms with Crippen molar-refractivity contribution in [3.8, 4) is 11.4 Å². The Balaban J connectivity index is 1.45. The number of hydrogen-bond acceptors (Lipinski definition) is 7. The second-order valence-corrected chi connectivity index (χ2v) is 7.96. The summed E-state index contributed by atoms with van der Waals surface area (Å²) >= 11 is 7.57. The van der Waals surface area contributed by atoms with E-state index in [9.17, 15) is 4.79 Å². The molecule has 0 unspecified atom stereocenters. The zero-order valence-electron chi connectivity index (χ0n) is 16.0. The van der Waals surface area contributed by atoms with Gasteiger partial charge in [-0.05, 0) is 36.8 Å². The summed E-state index contributed by atoms with van der Waals surface area (Å²) in [6.07, 6.45) is 6.49. The van der Waals surface area contributed by atoms with Crippen LogP contribution in [0.1, 0.15) is 12.3 Å². The number of thioether (sulfide) groups is 1. The smallest absolute Gasteiger partial charge is 0.262 e. The van der Waals surface area contributed by atoms with Gasteiger partial charge >= 0.3 is 0 Å². The van der Waals surface area contributed by atoms with E-state index in [2.05, 4.69) is 26.7 Å². The number of rotatable bonds is 8. The lowest BCUT2D eigenvalue weighted by Gasteiger charge is -2.11. The highest BCUT2D eigenvalue weighted by molar-refractivity contribution is 7.99. The number of pyridine rings is 1. The average Bonchev–Trinajstić information content (AvgIpc) is 3.23. The maximum Gasteiger partial charge on any atom is 0.262 e. The summed E-state index contributed by atoms with van der Waals surface area (Å²) in [7, 11) is 0. The number of allylic oxidation sites excluding steroid dienone is 1. The molecule has 9 heteroatoms. The second-order valence-electron chi connectivity index (χ2n) is 6.46. The molecule has 0 spiro atoms. The van der Waals surface area contributed by atoms with Crippen molar-refractivity contribution < 1.29 is 4.52 Å². The Bertz CT molecular complexity index is 1240. The SMILES string of the molecule is C=CCn1c(SCCCc2nc(-c3ccncc3)no2)nc2cc(Cl)ccc2c1=O. The molecule has 0 aliphatic rings. The first-order valence-corrected chi connectivity index (χ1v) is 10.7. The van der Waals surface area contributed by atoms with Crippen molar-refractivity contribution in [2.75, 3.05) is 5.75 Å². The molecular formula is C21H18ClN5O2S. The van der Waals surface area contributed by atoms with Gasteiger partial charge in [0, 0.05) is 41.7 Å². The fourth-order valence-corrected chi connectivity index (χ4v) is 4.05. The Kier molecular flexibility index (Phi) is 6.25. The molecule has 1 aromatic carbocycles. The molecule has 0 atom stereocenters. The number of halogens is 1. The zero-order chi connectivity index (χ0) is 20.9. The number of aryl methyl sites for hydroxylation is 1. The quantitative estimate of drug-likeness (QED) is 0.174. The van der Waals surface area contributed by atoms with E-state index in [1.165, 1.54) is 11.8 Å². The Morgan fingerprint density at radius 1 is 1.20 bits per heavy atom. The van der Waals surface area contributed by atoms with Gasteiger partial charge in [-0.15, -0.1) is 6.58 Å². The lowest BCUT2D eigenvalue weighted by atomic mass is 10.2. The first-order chi connectivity index (χ1) is 14.7. The Morgan fingerprint density at radius 3 is 2.83 bits per heavy atom. The van der Waals surface area contributed by atoms with Crippen LogP contribution in [0.4, 0.5) is 0 Å². The Morgan fingerprint density at radius 2 is 2.03 bits per heavy atom. The number of nitrogens with zero attached hydrogens (tertiary/aromatic N) is 5. The van der Waals surface area contributed by atoms with Crippen LogP contribution < -0.4 is 5.56 Å². The molecule has 0 bridgehead atoms. The van der Waals surface area contributed by atoms with Gasteiger partial charge in [0.05, 0.1) is 10.9 Å². The zero-order valence-corrected chi connectivity index (χ0v) is 17.6. The monoisotopic (exact) mass is 439 g/mol. The second kappa shape index (κ2) is 9.23. The minimum atomic E-state index is -0.0991. The van der Waals surface area contributed by atoms with Gasteiger partial charge in [0.1, 0.15) is 0 Å². The van der Waals surface area contributed by atoms with E-state index in [0.29, 0.717) is 45.8 Å². The van der Waals surface area contributed by atoms with Gasteiger partial charge in [-0.1, -0.05) is 34.6 Å². The minimum Gasteiger partial charge on any atom is -0.339 e. The maximum absolute atomic E-state index is 12.8. The van der Waals surface area contributed by atoms with Crippen LogP contribution >= 0.6 is 23.4 Å². The van der Waals surface area contributed by atoms with Crippen LogP contribution in [0, 0.1) is 0 Å². The highest BCUT2D eigenvalue weighted by atomic mass is 35.5. The van der Waals surface area contributed by atoms with Crippen LogP contribution in [0.25, 0.3) is 22.3 Å². The molecule has 3 heterocycles. The van der Waals surface area contributed by atoms with Gasteiger partial charge in [-0.3, -0.25) is 14.3 Å². The van der Waals surface area contributed by atoms with E-state index >= 15 is 0 Å². The molecule has 0 aliphatic heterocycles. The molecule has 0 saturated heterocycles. The van der Waals surface area contributed by atoms with Gasteiger partial charge in [0.2, 0.25) is 11.7 Å². The first kappa shape index (κ1) is 20.3. The molecule has 3 aromatic heterocycles. The molecule has 30 heavy (non-hydrogen) atoms. The Labute approximate surface area is 181 Å². The molecule has 0 N–H and O–H groups in total. The summed E-state index contributed by atoms with van der Waals surface area (Å²) in [6, 6.07) is 8.78. The third kappa shape index (κ3) is 4.44. The number of benzene rings is 1. The van der Waals surface area contributed by atoms with E-state index in [1.807, 2.05) is 12.1 Å². The van der Waals surface area contributed by atoms with Gasteiger partial charge in [-0.25, -0.2) is 4.98 Å². The van der Waals surface area contributed by atoms with Gasteiger partial charge in [0.25, 0.3) is 5.56 Å². The van der Waals surface area contributed by atoms with Crippen molar-refractivity contribution in [1.29, 1.82) is 0 Å². The van der Waals surface area contributed by atoms with Crippen molar-refractivity contribution in [3.63, 3.8) is 0 Å². The topological polar surface area (TPSA) is 86.7 Å². The summed E-state index contributed by atoms with van der Waals surface area (Å²) in [5, 5.41) is 5.74. The summed E-state index contributed by atoms with van der Waals surface area (Å²) in [5.41, 5.74) is 1.36. The van der Waals surface area contributed by atoms with E-state index in [0.717, 1.165) is 17.7 Å². The van der Waals surface area contributed by atoms with Gasteiger partial charge in [0.15, 0.2) is 5.16 Å². The van der Waals surface area contributed by atoms with E-state index < -0.39 is 0 Å². The summed E-state index contributed by atoms with van der Waals surface area (Å²) in [6.45, 7) is 4.14. The van der Waals surface area contributed by atoms with E-state index in [4.69, 9.17) is 16.1 Å². The number of fused-ring (bicyclic) bond motifs is 1. The van der Waals surface area contributed by atoms with Crippen molar-refractivity contribution in [3.05, 3.63) is 76.6 Å². The number of aromatic nitrogens is 5. The molecule has 4 rings (SSSR count). The molecule has 152 valence electrons. The largest absolute Gasteiger partial charge is 0.339 e. The predicted octanol–water partition coefficient (Wildman–Crippen LogP) is 4.41. The lowest BCUT2D eigenvalue weighted by molar-refractivity contribution is 0.378. The summed E-state index contributed by atoms with van der Waals surface area (Å²) < 4.78 is 6.96. The van der Waals surface area contributed by atoms with Crippen LogP contribution in [-0.2, 0) is 13.0 Å². The highest BCUT2D eigenvalue weighted by Crippen LogP contribution is 2.22. The first-order valence-electron chi connectivity index (χ1n) is 9.32. The van der Waals surface area contributed by atoms with Gasteiger partial charge in [-0.2, -0.15) is 4.98 Å². The highest BCUT2D eigenvalue weighted by Gasteiger charge is 2.12. The van der Waals surface area contributed by atoms with Crippen molar-refractivity contribution in [2.24, 2.45) is 0 Å². The maximum atomic E-state index is 12.8. The molecule has 0 fully saturated rings. The van der Waals surface area contributed by atoms with Crippen LogP contribution in [0.5, 0.6) is 0 Å². The van der Waals surface area contributed by atoms with E-state index in [-0.39, 0.29) is 5.56 Å². The normalized spacial score (nSPS) is 11.1. The van der Waals surface area contributed by atoms with Crippen LogP contribution in [0.2, 0.25) is 5.02 Å². The number of hydrogen-bond donors (Lipinski definition) is 0. The van der Waals surface area contributed by atoms with Crippen molar-refractivity contribution >= 4 is 34.3 Å². The third-order valence-electron chi connectivity index (χ3n) is 4.37. The van der Waals surface area contributed by atoms with Crippen molar-refractivity contribution in [2.45, 2.75) is 24.5 Å². The standard InChI is InChI=1S/C21H18ClN5O2S/c1-2-11-27-20(28)16-6-5-15(22)13-17(16)24-21(27)30-12-3-4-18-25-19(26-29-18)14-7-9-23-10-8-14/h2,5-10,13H,1,3-4,11-12H2.